The van der Waals surface area contributed by atoms with Crippen LogP contribution in [0, 0.1) is 5.92 Å². The summed E-state index contributed by atoms with van der Waals surface area (Å²) in [4.78, 5) is 2.59. The predicted octanol–water partition coefficient (Wildman–Crippen LogP) is 1.24. The largest absolute Gasteiger partial charge is 0.396 e. The second-order valence-electron chi connectivity index (χ2n) is 4.27. The van der Waals surface area contributed by atoms with Crippen molar-refractivity contribution < 1.29 is 5.11 Å². The summed E-state index contributed by atoms with van der Waals surface area (Å²) in [6, 6.07) is 0.863. The Balaban J connectivity index is 1.81. The average molecular weight is 169 g/mol. The van der Waals surface area contributed by atoms with E-state index in [-0.39, 0.29) is 0 Å². The molecule has 1 aliphatic carbocycles. The van der Waals surface area contributed by atoms with Gasteiger partial charge in [-0.05, 0) is 31.7 Å². The molecule has 1 heterocycles. The Morgan fingerprint density at radius 1 is 1.17 bits per heavy atom. The fraction of sp³-hybridized carbons (Fsp3) is 1.00. The van der Waals surface area contributed by atoms with Crippen molar-refractivity contribution in [3.05, 3.63) is 0 Å². The van der Waals surface area contributed by atoms with Crippen LogP contribution in [0.1, 0.15) is 32.1 Å². The van der Waals surface area contributed by atoms with E-state index < -0.39 is 0 Å². The van der Waals surface area contributed by atoms with Crippen LogP contribution >= 0.6 is 0 Å². The molecule has 0 spiro atoms. The van der Waals surface area contributed by atoms with Crippen LogP contribution in [-0.2, 0) is 0 Å². The highest BCUT2D eigenvalue weighted by molar-refractivity contribution is 4.83. The first kappa shape index (κ1) is 8.52. The van der Waals surface area contributed by atoms with Crippen molar-refractivity contribution in [3.63, 3.8) is 0 Å². The summed E-state index contributed by atoms with van der Waals surface area (Å²) < 4.78 is 0. The molecule has 2 heteroatoms. The summed E-state index contributed by atoms with van der Waals surface area (Å²) in [6.45, 7) is 2.78. The maximum absolute atomic E-state index is 9.00. The number of hydrogen-bond donors (Lipinski definition) is 1. The molecule has 2 aliphatic rings. The van der Waals surface area contributed by atoms with Gasteiger partial charge in [-0.1, -0.05) is 12.8 Å². The van der Waals surface area contributed by atoms with Crippen LogP contribution < -0.4 is 0 Å². The number of aliphatic hydroxyl groups is 1. The fourth-order valence-corrected chi connectivity index (χ4v) is 2.61. The van der Waals surface area contributed by atoms with Crippen molar-refractivity contribution in [1.29, 1.82) is 0 Å². The van der Waals surface area contributed by atoms with Gasteiger partial charge in [0.05, 0.1) is 0 Å². The standard InChI is InChI=1S/C10H19NO/c12-8-9-5-6-11(7-9)10-3-1-2-4-10/h9-10,12H,1-8H2/t9-/m0/s1. The Kier molecular flexibility index (Phi) is 2.66. The van der Waals surface area contributed by atoms with Gasteiger partial charge in [-0.3, -0.25) is 0 Å². The topological polar surface area (TPSA) is 23.5 Å². The monoisotopic (exact) mass is 169 g/mol. The van der Waals surface area contributed by atoms with Crippen LogP contribution in [0.25, 0.3) is 0 Å². The molecule has 0 unspecified atom stereocenters. The van der Waals surface area contributed by atoms with Gasteiger partial charge >= 0.3 is 0 Å². The molecule has 2 nitrogen and oxygen atoms in total. The van der Waals surface area contributed by atoms with Crippen LogP contribution in [0.4, 0.5) is 0 Å². The molecule has 1 aliphatic heterocycles. The van der Waals surface area contributed by atoms with Crippen molar-refractivity contribution in [1.82, 2.24) is 4.90 Å². The molecule has 0 amide bonds. The summed E-state index contributed by atoms with van der Waals surface area (Å²) in [5, 5.41) is 9.00. The van der Waals surface area contributed by atoms with E-state index in [1.165, 1.54) is 38.6 Å². The van der Waals surface area contributed by atoms with E-state index in [1.54, 1.807) is 0 Å². The molecule has 70 valence electrons. The third kappa shape index (κ3) is 1.64. The molecule has 1 N–H and O–H groups in total. The van der Waals surface area contributed by atoms with Crippen LogP contribution in [0.15, 0.2) is 0 Å². The smallest absolute Gasteiger partial charge is 0.0471 e. The predicted molar refractivity (Wildman–Crippen MR) is 49.0 cm³/mol. The number of likely N-dealkylation sites (tertiary alicyclic amines) is 1. The summed E-state index contributed by atoms with van der Waals surface area (Å²) >= 11 is 0. The lowest BCUT2D eigenvalue weighted by Crippen LogP contribution is -2.31. The van der Waals surface area contributed by atoms with Crippen molar-refractivity contribution >= 4 is 0 Å². The molecule has 0 aromatic carbocycles. The maximum atomic E-state index is 9.00. The number of hydrogen-bond acceptors (Lipinski definition) is 2. The number of aliphatic hydroxyl groups excluding tert-OH is 1. The Hall–Kier alpha value is -0.0800. The molecule has 0 bridgehead atoms. The van der Waals surface area contributed by atoms with E-state index >= 15 is 0 Å². The molecule has 1 atom stereocenters. The zero-order chi connectivity index (χ0) is 8.39. The second kappa shape index (κ2) is 3.75. The van der Waals surface area contributed by atoms with Gasteiger partial charge in [-0.25, -0.2) is 0 Å². The van der Waals surface area contributed by atoms with Crippen molar-refractivity contribution in [2.75, 3.05) is 19.7 Å². The lowest BCUT2D eigenvalue weighted by Gasteiger charge is -2.23. The van der Waals surface area contributed by atoms with E-state index in [9.17, 15) is 0 Å². The molecular formula is C10H19NO. The molecule has 12 heavy (non-hydrogen) atoms. The zero-order valence-corrected chi connectivity index (χ0v) is 7.71. The Bertz CT molecular complexity index is 143. The second-order valence-corrected chi connectivity index (χ2v) is 4.27. The van der Waals surface area contributed by atoms with Gasteiger partial charge in [0.25, 0.3) is 0 Å². The third-order valence-corrected chi connectivity index (χ3v) is 3.42. The number of rotatable bonds is 2. The molecule has 1 saturated carbocycles. The minimum Gasteiger partial charge on any atom is -0.396 e. The van der Waals surface area contributed by atoms with E-state index in [1.807, 2.05) is 0 Å². The maximum Gasteiger partial charge on any atom is 0.0471 e. The van der Waals surface area contributed by atoms with E-state index in [2.05, 4.69) is 4.90 Å². The minimum atomic E-state index is 0.392. The normalized spacial score (nSPS) is 33.2. The molecular weight excluding hydrogens is 150 g/mol. The average Bonchev–Trinajstić information content (AvgIpc) is 2.75. The summed E-state index contributed by atoms with van der Waals surface area (Å²) in [7, 11) is 0. The van der Waals surface area contributed by atoms with Crippen molar-refractivity contribution in [2.24, 2.45) is 5.92 Å². The first-order valence-electron chi connectivity index (χ1n) is 5.25. The Morgan fingerprint density at radius 2 is 1.92 bits per heavy atom. The SMILES string of the molecule is OC[C@H]1CCN(C2CCCC2)C1. The summed E-state index contributed by atoms with van der Waals surface area (Å²) in [5.74, 6) is 0.575. The van der Waals surface area contributed by atoms with E-state index in [0.29, 0.717) is 12.5 Å². The first-order valence-corrected chi connectivity index (χ1v) is 5.25. The number of nitrogens with zero attached hydrogens (tertiary/aromatic N) is 1. The van der Waals surface area contributed by atoms with E-state index in [4.69, 9.17) is 5.11 Å². The molecule has 0 aromatic rings. The van der Waals surface area contributed by atoms with Gasteiger partial charge in [0.1, 0.15) is 0 Å². The van der Waals surface area contributed by atoms with Crippen LogP contribution in [0.3, 0.4) is 0 Å². The Labute approximate surface area is 74.6 Å². The summed E-state index contributed by atoms with van der Waals surface area (Å²) in [6.07, 6.45) is 6.86. The van der Waals surface area contributed by atoms with Gasteiger partial charge in [0.2, 0.25) is 0 Å². The lowest BCUT2D eigenvalue weighted by molar-refractivity contribution is 0.199. The quantitative estimate of drug-likeness (QED) is 0.672. The van der Waals surface area contributed by atoms with E-state index in [0.717, 1.165) is 12.6 Å². The van der Waals surface area contributed by atoms with Crippen molar-refractivity contribution in [2.45, 2.75) is 38.1 Å². The van der Waals surface area contributed by atoms with Gasteiger partial charge in [-0.15, -0.1) is 0 Å². The van der Waals surface area contributed by atoms with Crippen molar-refractivity contribution in [3.8, 4) is 0 Å². The zero-order valence-electron chi connectivity index (χ0n) is 7.71. The molecule has 1 saturated heterocycles. The molecule has 0 aromatic heterocycles. The van der Waals surface area contributed by atoms with Gasteiger partial charge < -0.3 is 10.0 Å². The fourth-order valence-electron chi connectivity index (χ4n) is 2.61. The first-order chi connectivity index (χ1) is 5.90. The minimum absolute atomic E-state index is 0.392. The van der Waals surface area contributed by atoms with Gasteiger partial charge in [-0.2, -0.15) is 0 Å². The van der Waals surface area contributed by atoms with Crippen LogP contribution in [-0.4, -0.2) is 35.7 Å². The summed E-state index contributed by atoms with van der Waals surface area (Å²) in [5.41, 5.74) is 0. The molecule has 2 rings (SSSR count). The molecule has 2 fully saturated rings. The van der Waals surface area contributed by atoms with Crippen LogP contribution in [0.2, 0.25) is 0 Å². The Morgan fingerprint density at radius 3 is 2.50 bits per heavy atom. The third-order valence-electron chi connectivity index (χ3n) is 3.42. The lowest BCUT2D eigenvalue weighted by atomic mass is 10.1. The van der Waals surface area contributed by atoms with Gasteiger partial charge in [0.15, 0.2) is 0 Å². The highest BCUT2D eigenvalue weighted by atomic mass is 16.3. The highest BCUT2D eigenvalue weighted by Gasteiger charge is 2.29. The molecule has 0 radical (unpaired) electrons. The van der Waals surface area contributed by atoms with Gasteiger partial charge in [0, 0.05) is 19.2 Å². The van der Waals surface area contributed by atoms with Crippen LogP contribution in [0.5, 0.6) is 0 Å². The highest BCUT2D eigenvalue weighted by Crippen LogP contribution is 2.28.